The van der Waals surface area contributed by atoms with E-state index in [9.17, 15) is 4.79 Å². The number of hydrogen-bond donors (Lipinski definition) is 2. The fourth-order valence-corrected chi connectivity index (χ4v) is 5.55. The predicted molar refractivity (Wildman–Crippen MR) is 157 cm³/mol. The number of rotatable bonds is 4. The minimum absolute atomic E-state index is 0.0312. The number of nitrogens with one attached hydrogen (secondary N) is 1. The molecule has 0 atom stereocenters. The van der Waals surface area contributed by atoms with Crippen LogP contribution in [0.15, 0.2) is 121 Å². The van der Waals surface area contributed by atoms with Crippen LogP contribution in [-0.2, 0) is 11.3 Å². The highest BCUT2D eigenvalue weighted by molar-refractivity contribution is 6.39. The second-order valence-electron chi connectivity index (χ2n) is 9.70. The zero-order valence-electron chi connectivity index (χ0n) is 20.7. The van der Waals surface area contributed by atoms with E-state index < -0.39 is 0 Å². The Balaban J connectivity index is 1.43. The van der Waals surface area contributed by atoms with Crippen molar-refractivity contribution in [1.82, 2.24) is 4.98 Å². The summed E-state index contributed by atoms with van der Waals surface area (Å²) in [7, 11) is 0. The van der Waals surface area contributed by atoms with Crippen LogP contribution in [0.2, 0.25) is 0 Å². The van der Waals surface area contributed by atoms with E-state index in [2.05, 4.69) is 47.4 Å². The molecule has 2 heterocycles. The van der Waals surface area contributed by atoms with Gasteiger partial charge in [0.05, 0.1) is 17.8 Å². The van der Waals surface area contributed by atoms with Crippen LogP contribution < -0.4 is 10.6 Å². The number of fused-ring (bicyclic) bond motifs is 3. The number of anilines is 2. The molecule has 0 saturated carbocycles. The Morgan fingerprint density at radius 3 is 2.26 bits per heavy atom. The zero-order chi connectivity index (χ0) is 25.6. The second-order valence-corrected chi connectivity index (χ2v) is 9.70. The summed E-state index contributed by atoms with van der Waals surface area (Å²) in [4.78, 5) is 19.8. The van der Waals surface area contributed by atoms with Gasteiger partial charge in [0.2, 0.25) is 0 Å². The number of benzene rings is 5. The molecule has 0 unspecified atom stereocenters. The van der Waals surface area contributed by atoms with E-state index in [1.54, 1.807) is 0 Å². The molecule has 3 N–H and O–H groups in total. The van der Waals surface area contributed by atoms with Crippen molar-refractivity contribution < 1.29 is 4.79 Å². The summed E-state index contributed by atoms with van der Waals surface area (Å²) in [6.45, 7) is 0.481. The molecule has 1 amide bonds. The first-order valence-corrected chi connectivity index (χ1v) is 12.7. The van der Waals surface area contributed by atoms with Gasteiger partial charge in [-0.15, -0.1) is 0 Å². The maximum absolute atomic E-state index is 14.4. The summed E-state index contributed by atoms with van der Waals surface area (Å²) in [5.41, 5.74) is 14.3. The van der Waals surface area contributed by atoms with E-state index in [1.807, 2.05) is 83.8 Å². The van der Waals surface area contributed by atoms with Gasteiger partial charge in [-0.1, -0.05) is 91.0 Å². The smallest absolute Gasteiger partial charge is 0.260 e. The molecule has 38 heavy (non-hydrogen) atoms. The van der Waals surface area contributed by atoms with Gasteiger partial charge in [-0.25, -0.2) is 0 Å². The molecule has 0 bridgehead atoms. The van der Waals surface area contributed by atoms with Gasteiger partial charge in [0.15, 0.2) is 0 Å². The van der Waals surface area contributed by atoms with Crippen LogP contribution in [0.4, 0.5) is 11.4 Å². The van der Waals surface area contributed by atoms with E-state index in [-0.39, 0.29) is 5.91 Å². The lowest BCUT2D eigenvalue weighted by molar-refractivity contribution is -0.113. The van der Waals surface area contributed by atoms with Crippen LogP contribution in [0.3, 0.4) is 0 Å². The Kier molecular flexibility index (Phi) is 5.12. The molecule has 4 nitrogen and oxygen atoms in total. The minimum atomic E-state index is -0.0312. The Labute approximate surface area is 220 Å². The monoisotopic (exact) mass is 491 g/mol. The largest absolute Gasteiger partial charge is 0.398 e. The van der Waals surface area contributed by atoms with Crippen molar-refractivity contribution in [3.05, 3.63) is 144 Å². The summed E-state index contributed by atoms with van der Waals surface area (Å²) in [5.74, 6) is -0.0312. The van der Waals surface area contributed by atoms with Gasteiger partial charge in [-0.3, -0.25) is 4.79 Å². The predicted octanol–water partition coefficient (Wildman–Crippen LogP) is 7.41. The number of amides is 1. The lowest BCUT2D eigenvalue weighted by Gasteiger charge is -2.18. The number of nitrogens with two attached hydrogens (primary N) is 1. The molecule has 0 saturated heterocycles. The number of carbonyl (C=O) groups is 1. The number of nitrogens with zero attached hydrogens (tertiary/aromatic N) is 1. The molecule has 0 fully saturated rings. The van der Waals surface area contributed by atoms with Gasteiger partial charge >= 0.3 is 0 Å². The summed E-state index contributed by atoms with van der Waals surface area (Å²) in [6.07, 6.45) is 0. The Morgan fingerprint density at radius 2 is 1.42 bits per heavy atom. The molecule has 0 radical (unpaired) electrons. The van der Waals surface area contributed by atoms with Gasteiger partial charge in [0.25, 0.3) is 5.91 Å². The second kappa shape index (κ2) is 8.79. The topological polar surface area (TPSA) is 62.1 Å². The van der Waals surface area contributed by atoms with E-state index in [0.717, 1.165) is 49.9 Å². The summed E-state index contributed by atoms with van der Waals surface area (Å²) in [6, 6.07) is 40.7. The average Bonchev–Trinajstić information content (AvgIpc) is 3.49. The van der Waals surface area contributed by atoms with Crippen molar-refractivity contribution in [3.8, 4) is 0 Å². The molecular formula is C34H25N3O. The maximum atomic E-state index is 14.4. The van der Waals surface area contributed by atoms with E-state index in [4.69, 9.17) is 5.73 Å². The fourth-order valence-electron chi connectivity index (χ4n) is 5.55. The highest BCUT2D eigenvalue weighted by Gasteiger charge is 2.36. The number of hydrogen-bond acceptors (Lipinski definition) is 2. The van der Waals surface area contributed by atoms with Crippen LogP contribution in [0.25, 0.3) is 32.8 Å². The van der Waals surface area contributed by atoms with Crippen LogP contribution in [-0.4, -0.2) is 10.9 Å². The molecule has 4 heteroatoms. The molecule has 0 aliphatic carbocycles. The number of nitrogen functional groups attached to an aromatic ring is 1. The van der Waals surface area contributed by atoms with Gasteiger partial charge < -0.3 is 15.6 Å². The molecular weight excluding hydrogens is 466 g/mol. The molecule has 0 spiro atoms. The third kappa shape index (κ3) is 3.58. The number of aromatic nitrogens is 1. The average molecular weight is 492 g/mol. The zero-order valence-corrected chi connectivity index (χ0v) is 20.7. The third-order valence-electron chi connectivity index (χ3n) is 7.36. The van der Waals surface area contributed by atoms with Crippen molar-refractivity contribution in [3.63, 3.8) is 0 Å². The van der Waals surface area contributed by atoms with Crippen molar-refractivity contribution in [1.29, 1.82) is 0 Å². The van der Waals surface area contributed by atoms with Crippen molar-refractivity contribution in [2.24, 2.45) is 0 Å². The van der Waals surface area contributed by atoms with Crippen molar-refractivity contribution in [2.75, 3.05) is 10.6 Å². The number of para-hydroxylation sites is 3. The SMILES string of the molecule is Nc1ccccc1C(=C1C(=O)N(Cc2ccc3ccccc3c2)c2ccccc21)c1cc2ccccc2[nH]1. The Morgan fingerprint density at radius 1 is 0.711 bits per heavy atom. The highest BCUT2D eigenvalue weighted by Crippen LogP contribution is 2.45. The third-order valence-corrected chi connectivity index (χ3v) is 7.36. The van der Waals surface area contributed by atoms with E-state index >= 15 is 0 Å². The summed E-state index contributed by atoms with van der Waals surface area (Å²) < 4.78 is 0. The van der Waals surface area contributed by atoms with Gasteiger partial charge in [-0.2, -0.15) is 0 Å². The van der Waals surface area contributed by atoms with Gasteiger partial charge in [0, 0.05) is 39.0 Å². The summed E-state index contributed by atoms with van der Waals surface area (Å²) in [5, 5.41) is 3.43. The van der Waals surface area contributed by atoms with Crippen molar-refractivity contribution in [2.45, 2.75) is 6.54 Å². The normalized spacial score (nSPS) is 14.3. The standard InChI is InChI=1S/C34H25N3O/c35-28-14-6-4-12-26(28)32(30-20-25-11-3-7-15-29(25)36-30)33-27-13-5-8-16-31(27)37(34(33)38)21-22-17-18-23-9-1-2-10-24(23)19-22/h1-20,36H,21,35H2. The van der Waals surface area contributed by atoms with Crippen LogP contribution >= 0.6 is 0 Å². The molecule has 1 aromatic heterocycles. The molecule has 7 rings (SSSR count). The molecule has 182 valence electrons. The maximum Gasteiger partial charge on any atom is 0.260 e. The number of H-pyrrole nitrogens is 1. The lowest BCUT2D eigenvalue weighted by atomic mass is 9.92. The number of carbonyl (C=O) groups excluding carboxylic acids is 1. The molecule has 6 aromatic rings. The quantitative estimate of drug-likeness (QED) is 0.199. The Bertz CT molecular complexity index is 1860. The molecule has 5 aromatic carbocycles. The first kappa shape index (κ1) is 22.1. The first-order valence-electron chi connectivity index (χ1n) is 12.7. The van der Waals surface area contributed by atoms with Crippen molar-refractivity contribution >= 4 is 50.1 Å². The molecule has 1 aliphatic heterocycles. The number of aromatic amines is 1. The van der Waals surface area contributed by atoms with Crippen LogP contribution in [0.1, 0.15) is 22.4 Å². The minimum Gasteiger partial charge on any atom is -0.398 e. The van der Waals surface area contributed by atoms with E-state index in [0.29, 0.717) is 17.8 Å². The highest BCUT2D eigenvalue weighted by atomic mass is 16.2. The summed E-state index contributed by atoms with van der Waals surface area (Å²) >= 11 is 0. The van der Waals surface area contributed by atoms with E-state index in [1.165, 1.54) is 5.39 Å². The Hall–Kier alpha value is -5.09. The fraction of sp³-hybridized carbons (Fsp3) is 0.0294. The lowest BCUT2D eigenvalue weighted by Crippen LogP contribution is -2.26. The van der Waals surface area contributed by atoms with Crippen LogP contribution in [0, 0.1) is 0 Å². The van der Waals surface area contributed by atoms with Crippen LogP contribution in [0.5, 0.6) is 0 Å². The molecule has 1 aliphatic rings. The van der Waals surface area contributed by atoms with Gasteiger partial charge in [-0.05, 0) is 46.7 Å². The first-order chi connectivity index (χ1) is 18.7. The van der Waals surface area contributed by atoms with Gasteiger partial charge in [0.1, 0.15) is 0 Å².